The number of ether oxygens (including phenoxy) is 1. The van der Waals surface area contributed by atoms with Gasteiger partial charge >= 0.3 is 0 Å². The molecule has 0 saturated carbocycles. The van der Waals surface area contributed by atoms with E-state index in [9.17, 15) is 0 Å². The molecule has 0 amide bonds. The summed E-state index contributed by atoms with van der Waals surface area (Å²) in [5.41, 5.74) is 1.13. The standard InChI is InChI=1S/C13H19N5OS/c1-5-14-9(2)12-10(19-4)7-6-8-11(12)20-13-15-16-17-18(13)3/h6-9,14H,5H2,1-4H3. The molecule has 0 aliphatic heterocycles. The van der Waals surface area contributed by atoms with E-state index in [1.807, 2.05) is 19.2 Å². The zero-order chi connectivity index (χ0) is 14.5. The van der Waals surface area contributed by atoms with Crippen molar-refractivity contribution < 1.29 is 4.74 Å². The van der Waals surface area contributed by atoms with Crippen LogP contribution in [0, 0.1) is 0 Å². The van der Waals surface area contributed by atoms with Crippen LogP contribution in [-0.4, -0.2) is 33.9 Å². The summed E-state index contributed by atoms with van der Waals surface area (Å²) < 4.78 is 7.15. The second-order valence-corrected chi connectivity index (χ2v) is 5.35. The molecule has 2 aromatic rings. The van der Waals surface area contributed by atoms with E-state index in [0.717, 1.165) is 27.9 Å². The van der Waals surface area contributed by atoms with Gasteiger partial charge in [-0.15, -0.1) is 5.10 Å². The van der Waals surface area contributed by atoms with E-state index >= 15 is 0 Å². The third-order valence-electron chi connectivity index (χ3n) is 2.97. The van der Waals surface area contributed by atoms with Crippen molar-refractivity contribution in [3.63, 3.8) is 0 Å². The number of aryl methyl sites for hydroxylation is 1. The van der Waals surface area contributed by atoms with Crippen molar-refractivity contribution in [3.8, 4) is 5.75 Å². The molecular formula is C13H19N5OS. The average Bonchev–Trinajstić information content (AvgIpc) is 2.84. The quantitative estimate of drug-likeness (QED) is 0.879. The fourth-order valence-electron chi connectivity index (χ4n) is 2.03. The van der Waals surface area contributed by atoms with Gasteiger partial charge in [-0.3, -0.25) is 0 Å². The van der Waals surface area contributed by atoms with E-state index in [-0.39, 0.29) is 6.04 Å². The highest BCUT2D eigenvalue weighted by Crippen LogP contribution is 2.37. The summed E-state index contributed by atoms with van der Waals surface area (Å²) in [6.45, 7) is 5.11. The van der Waals surface area contributed by atoms with E-state index in [4.69, 9.17) is 4.74 Å². The number of nitrogens with one attached hydrogen (secondary N) is 1. The van der Waals surface area contributed by atoms with Crippen LogP contribution in [0.5, 0.6) is 5.75 Å². The van der Waals surface area contributed by atoms with Gasteiger partial charge in [0.1, 0.15) is 5.75 Å². The molecule has 0 spiro atoms. The third kappa shape index (κ3) is 3.10. The number of benzene rings is 1. The van der Waals surface area contributed by atoms with Crippen LogP contribution in [0.1, 0.15) is 25.5 Å². The van der Waals surface area contributed by atoms with Gasteiger partial charge in [-0.05, 0) is 47.8 Å². The molecule has 1 heterocycles. The Balaban J connectivity index is 2.39. The first-order valence-corrected chi connectivity index (χ1v) is 7.29. The minimum absolute atomic E-state index is 0.194. The van der Waals surface area contributed by atoms with E-state index in [2.05, 4.69) is 40.8 Å². The second-order valence-electron chi connectivity index (χ2n) is 4.34. The van der Waals surface area contributed by atoms with Crippen LogP contribution >= 0.6 is 11.8 Å². The Morgan fingerprint density at radius 1 is 1.45 bits per heavy atom. The highest BCUT2D eigenvalue weighted by atomic mass is 32.2. The zero-order valence-electron chi connectivity index (χ0n) is 12.1. The van der Waals surface area contributed by atoms with Crippen LogP contribution in [0.15, 0.2) is 28.3 Å². The molecular weight excluding hydrogens is 274 g/mol. The predicted octanol–water partition coefficient (Wildman–Crippen LogP) is 2.04. The van der Waals surface area contributed by atoms with Gasteiger partial charge in [-0.2, -0.15) is 0 Å². The van der Waals surface area contributed by atoms with Crippen molar-refractivity contribution in [1.29, 1.82) is 0 Å². The minimum Gasteiger partial charge on any atom is -0.496 e. The lowest BCUT2D eigenvalue weighted by atomic mass is 10.1. The Bertz CT molecular complexity index is 572. The molecule has 0 fully saturated rings. The molecule has 1 N–H and O–H groups in total. The summed E-state index contributed by atoms with van der Waals surface area (Å²) in [6.07, 6.45) is 0. The first-order valence-electron chi connectivity index (χ1n) is 6.47. The zero-order valence-corrected chi connectivity index (χ0v) is 12.9. The van der Waals surface area contributed by atoms with Crippen molar-refractivity contribution in [3.05, 3.63) is 23.8 Å². The molecule has 1 atom stereocenters. The summed E-state index contributed by atoms with van der Waals surface area (Å²) in [6, 6.07) is 6.21. The molecule has 20 heavy (non-hydrogen) atoms. The molecule has 1 aromatic heterocycles. The lowest BCUT2D eigenvalue weighted by molar-refractivity contribution is 0.400. The van der Waals surface area contributed by atoms with Crippen LogP contribution < -0.4 is 10.1 Å². The number of methoxy groups -OCH3 is 1. The fraction of sp³-hybridized carbons (Fsp3) is 0.462. The summed E-state index contributed by atoms with van der Waals surface area (Å²) in [5.74, 6) is 0.874. The van der Waals surface area contributed by atoms with Crippen molar-refractivity contribution >= 4 is 11.8 Å². The van der Waals surface area contributed by atoms with Gasteiger partial charge in [0, 0.05) is 23.5 Å². The first-order chi connectivity index (χ1) is 9.67. The molecule has 0 bridgehead atoms. The number of tetrazole rings is 1. The lowest BCUT2D eigenvalue weighted by Crippen LogP contribution is -2.19. The minimum atomic E-state index is 0.194. The van der Waals surface area contributed by atoms with Crippen LogP contribution in [-0.2, 0) is 7.05 Å². The van der Waals surface area contributed by atoms with Gasteiger partial charge in [0.25, 0.3) is 0 Å². The van der Waals surface area contributed by atoms with Crippen LogP contribution in [0.2, 0.25) is 0 Å². The highest BCUT2D eigenvalue weighted by molar-refractivity contribution is 7.99. The Labute approximate surface area is 122 Å². The van der Waals surface area contributed by atoms with E-state index in [0.29, 0.717) is 0 Å². The molecule has 0 aliphatic rings. The number of hydrogen-bond acceptors (Lipinski definition) is 6. The molecule has 1 aromatic carbocycles. The molecule has 0 saturated heterocycles. The maximum Gasteiger partial charge on any atom is 0.213 e. The predicted molar refractivity (Wildman–Crippen MR) is 78.0 cm³/mol. The lowest BCUT2D eigenvalue weighted by Gasteiger charge is -2.19. The Hall–Kier alpha value is -1.60. The largest absolute Gasteiger partial charge is 0.496 e. The molecule has 1 unspecified atom stereocenters. The third-order valence-corrected chi connectivity index (χ3v) is 4.08. The molecule has 2 rings (SSSR count). The monoisotopic (exact) mass is 293 g/mol. The highest BCUT2D eigenvalue weighted by Gasteiger charge is 2.17. The van der Waals surface area contributed by atoms with E-state index < -0.39 is 0 Å². The van der Waals surface area contributed by atoms with Gasteiger partial charge in [-0.25, -0.2) is 4.68 Å². The number of rotatable bonds is 6. The topological polar surface area (TPSA) is 64.9 Å². The Morgan fingerprint density at radius 2 is 2.25 bits per heavy atom. The molecule has 7 heteroatoms. The molecule has 6 nitrogen and oxygen atoms in total. The summed E-state index contributed by atoms with van der Waals surface area (Å²) in [5, 5.41) is 15.7. The smallest absolute Gasteiger partial charge is 0.213 e. The van der Waals surface area contributed by atoms with Crippen molar-refractivity contribution in [2.75, 3.05) is 13.7 Å². The van der Waals surface area contributed by atoms with Crippen molar-refractivity contribution in [2.24, 2.45) is 7.05 Å². The maximum absolute atomic E-state index is 5.49. The Kier molecular flexibility index (Phi) is 4.97. The summed E-state index contributed by atoms with van der Waals surface area (Å²) >= 11 is 1.54. The van der Waals surface area contributed by atoms with Crippen molar-refractivity contribution in [2.45, 2.75) is 29.9 Å². The van der Waals surface area contributed by atoms with Crippen LogP contribution in [0.4, 0.5) is 0 Å². The number of aromatic nitrogens is 4. The first kappa shape index (κ1) is 14.8. The molecule has 0 aliphatic carbocycles. The maximum atomic E-state index is 5.49. The number of hydrogen-bond donors (Lipinski definition) is 1. The van der Waals surface area contributed by atoms with E-state index in [1.165, 1.54) is 11.8 Å². The van der Waals surface area contributed by atoms with Gasteiger partial charge in [-0.1, -0.05) is 13.0 Å². The summed E-state index contributed by atoms with van der Waals surface area (Å²) in [7, 11) is 3.52. The average molecular weight is 293 g/mol. The van der Waals surface area contributed by atoms with Crippen molar-refractivity contribution in [1.82, 2.24) is 25.5 Å². The molecule has 0 radical (unpaired) electrons. The molecule has 108 valence electrons. The normalized spacial score (nSPS) is 12.4. The fourth-order valence-corrected chi connectivity index (χ4v) is 3.01. The van der Waals surface area contributed by atoms with Gasteiger partial charge in [0.15, 0.2) is 0 Å². The van der Waals surface area contributed by atoms with Gasteiger partial charge < -0.3 is 10.1 Å². The summed E-state index contributed by atoms with van der Waals surface area (Å²) in [4.78, 5) is 1.09. The SMILES string of the molecule is CCNC(C)c1c(OC)cccc1Sc1nnnn1C. The Morgan fingerprint density at radius 3 is 2.85 bits per heavy atom. The van der Waals surface area contributed by atoms with Crippen LogP contribution in [0.25, 0.3) is 0 Å². The van der Waals surface area contributed by atoms with Gasteiger partial charge in [0.2, 0.25) is 5.16 Å². The van der Waals surface area contributed by atoms with Crippen LogP contribution in [0.3, 0.4) is 0 Å². The second kappa shape index (κ2) is 6.71. The number of nitrogens with zero attached hydrogens (tertiary/aromatic N) is 4. The van der Waals surface area contributed by atoms with E-state index in [1.54, 1.807) is 11.8 Å². The van der Waals surface area contributed by atoms with Gasteiger partial charge in [0.05, 0.1) is 7.11 Å².